The van der Waals surface area contributed by atoms with Gasteiger partial charge in [-0.1, -0.05) is 23.2 Å². The molecule has 0 saturated carbocycles. The molecule has 1 fully saturated rings. The number of urea groups is 1. The Bertz CT molecular complexity index is 773. The largest absolute Gasteiger partial charge is 0.453 e. The third kappa shape index (κ3) is 5.54. The second kappa shape index (κ2) is 9.01. The van der Waals surface area contributed by atoms with E-state index in [2.05, 4.69) is 10.3 Å². The number of carbonyl (C=O) groups excluding carboxylic acids is 4. The van der Waals surface area contributed by atoms with Crippen LogP contribution in [0.1, 0.15) is 19.8 Å². The number of pyridine rings is 1. The van der Waals surface area contributed by atoms with Gasteiger partial charge in [0, 0.05) is 26.2 Å². The van der Waals surface area contributed by atoms with E-state index in [1.54, 1.807) is 0 Å². The molecule has 1 aliphatic rings. The van der Waals surface area contributed by atoms with Crippen LogP contribution in [0.5, 0.6) is 0 Å². The van der Waals surface area contributed by atoms with E-state index in [4.69, 9.17) is 27.9 Å². The Morgan fingerprint density at radius 3 is 2.67 bits per heavy atom. The van der Waals surface area contributed by atoms with Gasteiger partial charge in [0.2, 0.25) is 5.91 Å². The number of esters is 1. The van der Waals surface area contributed by atoms with Crippen LogP contribution in [-0.4, -0.2) is 64.8 Å². The SMILES string of the molecule is C[C@@H](OC(=O)CCCN1C(=O)CN(C)C1=O)C(=O)Nc1ncc(Cl)cc1Cl. The number of aromatic nitrogens is 1. The minimum absolute atomic E-state index is 0.0295. The van der Waals surface area contributed by atoms with Gasteiger partial charge in [0.05, 0.1) is 10.0 Å². The quantitative estimate of drug-likeness (QED) is 0.537. The molecule has 11 heteroatoms. The molecule has 2 rings (SSSR count). The number of nitrogens with zero attached hydrogens (tertiary/aromatic N) is 3. The number of hydrogen-bond donors (Lipinski definition) is 1. The zero-order chi connectivity index (χ0) is 20.1. The molecule has 0 aliphatic carbocycles. The minimum Gasteiger partial charge on any atom is -0.453 e. The predicted octanol–water partition coefficient (Wildman–Crippen LogP) is 1.93. The average Bonchev–Trinajstić information content (AvgIpc) is 2.83. The number of imide groups is 1. The van der Waals surface area contributed by atoms with Gasteiger partial charge in [-0.2, -0.15) is 0 Å². The van der Waals surface area contributed by atoms with E-state index < -0.39 is 24.0 Å². The van der Waals surface area contributed by atoms with E-state index >= 15 is 0 Å². The summed E-state index contributed by atoms with van der Waals surface area (Å²) in [6.45, 7) is 1.54. The van der Waals surface area contributed by atoms with Crippen molar-refractivity contribution >= 4 is 52.8 Å². The highest BCUT2D eigenvalue weighted by Gasteiger charge is 2.33. The van der Waals surface area contributed by atoms with Crippen molar-refractivity contribution in [3.05, 3.63) is 22.3 Å². The van der Waals surface area contributed by atoms with Crippen molar-refractivity contribution in [2.45, 2.75) is 25.9 Å². The van der Waals surface area contributed by atoms with Crippen LogP contribution in [0.25, 0.3) is 0 Å². The summed E-state index contributed by atoms with van der Waals surface area (Å²) in [4.78, 5) is 53.5. The molecule has 0 aromatic carbocycles. The number of likely N-dealkylation sites (N-methyl/N-ethyl adjacent to an activating group) is 1. The lowest BCUT2D eigenvalue weighted by molar-refractivity contribution is -0.153. The molecule has 4 amide bonds. The number of rotatable bonds is 7. The maximum atomic E-state index is 12.1. The lowest BCUT2D eigenvalue weighted by Crippen LogP contribution is -2.33. The summed E-state index contributed by atoms with van der Waals surface area (Å²) >= 11 is 11.6. The van der Waals surface area contributed by atoms with Crippen molar-refractivity contribution in [3.8, 4) is 0 Å². The highest BCUT2D eigenvalue weighted by Crippen LogP contribution is 2.22. The number of carbonyl (C=O) groups is 4. The molecule has 146 valence electrons. The minimum atomic E-state index is -1.08. The molecule has 2 heterocycles. The molecule has 0 unspecified atom stereocenters. The van der Waals surface area contributed by atoms with Crippen LogP contribution in [0.2, 0.25) is 10.0 Å². The molecule has 1 saturated heterocycles. The second-order valence-corrected chi connectivity index (χ2v) is 6.74. The summed E-state index contributed by atoms with van der Waals surface area (Å²) in [5.74, 6) is -1.44. The summed E-state index contributed by atoms with van der Waals surface area (Å²) < 4.78 is 5.04. The maximum Gasteiger partial charge on any atom is 0.326 e. The Labute approximate surface area is 165 Å². The number of amides is 4. The number of ether oxygens (including phenoxy) is 1. The first-order valence-corrected chi connectivity index (χ1v) is 8.81. The molecule has 0 bridgehead atoms. The van der Waals surface area contributed by atoms with Crippen molar-refractivity contribution in [1.29, 1.82) is 0 Å². The van der Waals surface area contributed by atoms with Gasteiger partial charge in [0.1, 0.15) is 6.54 Å². The van der Waals surface area contributed by atoms with Crippen LogP contribution in [0, 0.1) is 0 Å². The molecule has 1 aromatic heterocycles. The molecule has 1 aromatic rings. The topological polar surface area (TPSA) is 109 Å². The molecule has 0 spiro atoms. The van der Waals surface area contributed by atoms with Crippen LogP contribution in [0.3, 0.4) is 0 Å². The Hall–Kier alpha value is -2.39. The molecule has 0 radical (unpaired) electrons. The van der Waals surface area contributed by atoms with Crippen molar-refractivity contribution in [1.82, 2.24) is 14.8 Å². The lowest BCUT2D eigenvalue weighted by Gasteiger charge is -2.15. The second-order valence-electron chi connectivity index (χ2n) is 5.89. The first-order valence-electron chi connectivity index (χ1n) is 8.06. The van der Waals surface area contributed by atoms with E-state index in [9.17, 15) is 19.2 Å². The number of halogens is 2. The number of nitrogens with one attached hydrogen (secondary N) is 1. The van der Waals surface area contributed by atoms with E-state index in [1.807, 2.05) is 0 Å². The van der Waals surface area contributed by atoms with E-state index in [-0.39, 0.29) is 42.7 Å². The van der Waals surface area contributed by atoms with E-state index in [0.29, 0.717) is 5.02 Å². The first-order chi connectivity index (χ1) is 12.7. The van der Waals surface area contributed by atoms with Crippen molar-refractivity contribution in [2.75, 3.05) is 25.5 Å². The van der Waals surface area contributed by atoms with Crippen LogP contribution in [0.15, 0.2) is 12.3 Å². The Morgan fingerprint density at radius 2 is 2.07 bits per heavy atom. The van der Waals surface area contributed by atoms with Crippen molar-refractivity contribution < 1.29 is 23.9 Å². The van der Waals surface area contributed by atoms with Gasteiger partial charge in [-0.3, -0.25) is 19.3 Å². The average molecular weight is 417 g/mol. The zero-order valence-corrected chi connectivity index (χ0v) is 16.2. The monoisotopic (exact) mass is 416 g/mol. The summed E-state index contributed by atoms with van der Waals surface area (Å²) in [6, 6.07) is 1.02. The molecule has 27 heavy (non-hydrogen) atoms. The summed E-state index contributed by atoms with van der Waals surface area (Å²) in [7, 11) is 1.52. The Morgan fingerprint density at radius 1 is 1.37 bits per heavy atom. The van der Waals surface area contributed by atoms with E-state index in [1.165, 1.54) is 31.1 Å². The predicted molar refractivity (Wildman–Crippen MR) is 97.4 cm³/mol. The van der Waals surface area contributed by atoms with Gasteiger partial charge in [-0.15, -0.1) is 0 Å². The van der Waals surface area contributed by atoms with Gasteiger partial charge in [-0.05, 0) is 19.4 Å². The first kappa shape index (κ1) is 20.9. The lowest BCUT2D eigenvalue weighted by atomic mass is 10.3. The standard InChI is InChI=1S/C16H18Cl2N4O5/c1-9(15(25)20-14-11(18)6-10(17)7-19-14)27-13(24)4-3-5-22-12(23)8-21(2)16(22)26/h6-7,9H,3-5,8H2,1-2H3,(H,19,20,25)/t9-/m1/s1. The third-order valence-electron chi connectivity index (χ3n) is 3.72. The maximum absolute atomic E-state index is 12.1. The Balaban J connectivity index is 1.77. The molecule has 1 N–H and O–H groups in total. The van der Waals surface area contributed by atoms with Crippen molar-refractivity contribution in [3.63, 3.8) is 0 Å². The smallest absolute Gasteiger partial charge is 0.326 e. The zero-order valence-electron chi connectivity index (χ0n) is 14.7. The van der Waals surface area contributed by atoms with Crippen molar-refractivity contribution in [2.24, 2.45) is 0 Å². The molecule has 1 atom stereocenters. The number of hydrogen-bond acceptors (Lipinski definition) is 6. The fourth-order valence-corrected chi connectivity index (χ4v) is 2.73. The Kier molecular flexibility index (Phi) is 6.98. The van der Waals surface area contributed by atoms with Crippen LogP contribution in [0.4, 0.5) is 10.6 Å². The third-order valence-corrected chi connectivity index (χ3v) is 4.22. The van der Waals surface area contributed by atoms with Gasteiger partial charge in [-0.25, -0.2) is 9.78 Å². The normalized spacial score (nSPS) is 15.1. The fraction of sp³-hybridized carbons (Fsp3) is 0.438. The summed E-state index contributed by atoms with van der Waals surface area (Å²) in [5.41, 5.74) is 0. The molecular formula is C16H18Cl2N4O5. The summed E-state index contributed by atoms with van der Waals surface area (Å²) in [6.07, 6.45) is 0.437. The highest BCUT2D eigenvalue weighted by atomic mass is 35.5. The van der Waals surface area contributed by atoms with Gasteiger partial charge >= 0.3 is 12.0 Å². The van der Waals surface area contributed by atoms with Crippen LogP contribution >= 0.6 is 23.2 Å². The van der Waals surface area contributed by atoms with E-state index in [0.717, 1.165) is 4.90 Å². The molecule has 9 nitrogen and oxygen atoms in total. The highest BCUT2D eigenvalue weighted by molar-refractivity contribution is 6.36. The van der Waals surface area contributed by atoms with Gasteiger partial charge in [0.25, 0.3) is 5.91 Å². The summed E-state index contributed by atoms with van der Waals surface area (Å²) in [5, 5.41) is 2.91. The molecule has 1 aliphatic heterocycles. The number of anilines is 1. The van der Waals surface area contributed by atoms with Gasteiger partial charge < -0.3 is 15.0 Å². The molecular weight excluding hydrogens is 399 g/mol. The van der Waals surface area contributed by atoms with Crippen LogP contribution in [-0.2, 0) is 19.1 Å². The van der Waals surface area contributed by atoms with Gasteiger partial charge in [0.15, 0.2) is 11.9 Å². The fourth-order valence-electron chi connectivity index (χ4n) is 2.30. The van der Waals surface area contributed by atoms with Crippen LogP contribution < -0.4 is 5.32 Å².